The van der Waals surface area contributed by atoms with Gasteiger partial charge in [0.25, 0.3) is 0 Å². The first-order valence-electron chi connectivity index (χ1n) is 20.0. The Kier molecular flexibility index (Phi) is 10.00. The molecule has 6 unspecified atom stereocenters. The number of rotatable bonds is 2. The van der Waals surface area contributed by atoms with Crippen molar-refractivity contribution in [2.45, 2.75) is 41.5 Å². The van der Waals surface area contributed by atoms with Crippen LogP contribution in [0.25, 0.3) is 21.9 Å². The van der Waals surface area contributed by atoms with Gasteiger partial charge in [-0.15, -0.1) is 0 Å². The predicted molar refractivity (Wildman–Crippen MR) is 267 cm³/mol. The van der Waals surface area contributed by atoms with E-state index in [0.717, 1.165) is 37.5 Å². The van der Waals surface area contributed by atoms with Crippen LogP contribution in [0.15, 0.2) is 160 Å². The van der Waals surface area contributed by atoms with E-state index in [9.17, 15) is 0 Å². The molecule has 6 heteroatoms. The molecule has 5 aromatic rings. The molecule has 0 bridgehead atoms. The maximum atomic E-state index is 4.39. The Hall–Kier alpha value is -2.17. The van der Waals surface area contributed by atoms with Gasteiger partial charge >= 0.3 is 0 Å². The van der Waals surface area contributed by atoms with Crippen LogP contribution in [-0.4, -0.2) is 28.1 Å². The Labute approximate surface area is 377 Å². The smallest absolute Gasteiger partial charge is 0.0433 e. The first-order chi connectivity index (χ1) is 27.9. The minimum atomic E-state index is -0.562. The Morgan fingerprint density at radius 3 is 2.23 bits per heavy atom. The van der Waals surface area contributed by atoms with Crippen molar-refractivity contribution < 1.29 is 0 Å². The Balaban J connectivity index is 1.11. The van der Waals surface area contributed by atoms with Crippen LogP contribution in [0, 0.1) is 9.49 Å². The molecule has 0 spiro atoms. The quantitative estimate of drug-likeness (QED) is 0.0939. The highest BCUT2D eigenvalue weighted by atomic mass is 127. The van der Waals surface area contributed by atoms with Gasteiger partial charge < -0.3 is 0 Å². The third-order valence-corrected chi connectivity index (χ3v) is 22.4. The van der Waals surface area contributed by atoms with E-state index in [-0.39, 0.29) is 0 Å². The maximum Gasteiger partial charge on any atom is 0.0433 e. The largest absolute Gasteiger partial charge is 0.0838 e. The molecular weight excluding hydrogens is 1040 g/mol. The summed E-state index contributed by atoms with van der Waals surface area (Å²) in [6.45, 7) is 2.43. The maximum absolute atomic E-state index is 4.39. The number of hydrogen-bond donors (Lipinski definition) is 0. The molecule has 0 amide bonds. The third-order valence-electron chi connectivity index (χ3n) is 13.2. The lowest BCUT2D eigenvalue weighted by molar-refractivity contribution is 0.750. The second kappa shape index (κ2) is 15.1. The minimum Gasteiger partial charge on any atom is -0.0838 e. The zero-order valence-corrected chi connectivity index (χ0v) is 40.3. The van der Waals surface area contributed by atoms with Gasteiger partial charge in [-0.1, -0.05) is 192 Å². The summed E-state index contributed by atoms with van der Waals surface area (Å²) in [6.07, 6.45) is 15.9. The Bertz CT molecular complexity index is 2750. The summed E-state index contributed by atoms with van der Waals surface area (Å²) in [5.74, 6) is 0.810. The Morgan fingerprint density at radius 1 is 0.684 bits per heavy atom. The van der Waals surface area contributed by atoms with E-state index < -0.39 is 15.8 Å². The van der Waals surface area contributed by atoms with Crippen LogP contribution in [0.3, 0.4) is 0 Å². The third kappa shape index (κ3) is 6.19. The summed E-state index contributed by atoms with van der Waals surface area (Å²) in [7, 11) is -1.12. The molecule has 0 radical (unpaired) electrons. The van der Waals surface area contributed by atoms with E-state index >= 15 is 0 Å². The molecule has 5 aromatic carbocycles. The van der Waals surface area contributed by atoms with Gasteiger partial charge in [0.1, 0.15) is 0 Å². The van der Waals surface area contributed by atoms with Gasteiger partial charge in [-0.2, -0.15) is 0 Å². The van der Waals surface area contributed by atoms with E-state index in [0.29, 0.717) is 21.5 Å². The number of fused-ring (bicyclic) bond motifs is 11. The summed E-state index contributed by atoms with van der Waals surface area (Å²) >= 11 is 15.7. The first-order valence-corrected chi connectivity index (χ1v) is 27.2. The fourth-order valence-corrected chi connectivity index (χ4v) is 20.6. The minimum absolute atomic E-state index is 0.295. The summed E-state index contributed by atoms with van der Waals surface area (Å²) in [5, 5.41) is 5.99. The predicted octanol–water partition coefficient (Wildman–Crippen LogP) is 14.4. The molecule has 11 rings (SSSR count). The number of allylic oxidation sites excluding steroid dienone is 11. The summed E-state index contributed by atoms with van der Waals surface area (Å²) in [6, 6.07) is 39.8. The topological polar surface area (TPSA) is 0 Å². The average molecular weight is 1080 g/mol. The second-order valence-electron chi connectivity index (χ2n) is 16.3. The van der Waals surface area contributed by atoms with Crippen LogP contribution in [0.5, 0.6) is 0 Å². The molecule has 0 aromatic heterocycles. The zero-order valence-electron chi connectivity index (χ0n) is 31.6. The van der Waals surface area contributed by atoms with E-state index in [1.54, 1.807) is 32.9 Å². The van der Waals surface area contributed by atoms with Crippen LogP contribution in [0.4, 0.5) is 0 Å². The van der Waals surface area contributed by atoms with Gasteiger partial charge in [-0.05, 0) is 166 Å². The van der Waals surface area contributed by atoms with Gasteiger partial charge in [0, 0.05) is 23.6 Å². The SMILES string of the molecule is CC1c2ccccc2C2=C(CP(c3ccccc3P3CC4=C(c5ccccc5CC4Br)c4c(c(I)cc5ccccc45)C3)CC3=C(Br)CC4C=CC=CC4=C32)C1Br. The van der Waals surface area contributed by atoms with Crippen LogP contribution >= 0.6 is 86.2 Å². The molecule has 0 nitrogen and oxygen atoms in total. The fourth-order valence-electron chi connectivity index (χ4n) is 10.6. The molecule has 0 saturated heterocycles. The molecule has 282 valence electrons. The number of halogens is 4. The average Bonchev–Trinajstić information content (AvgIpc) is 3.54. The van der Waals surface area contributed by atoms with Gasteiger partial charge in [0.2, 0.25) is 0 Å². The van der Waals surface area contributed by atoms with Crippen molar-refractivity contribution >= 4 is 119 Å². The van der Waals surface area contributed by atoms with Crippen LogP contribution in [0.1, 0.15) is 52.6 Å². The van der Waals surface area contributed by atoms with Crippen molar-refractivity contribution in [3.05, 3.63) is 197 Å². The number of alkyl halides is 2. The molecule has 0 fully saturated rings. The summed E-state index contributed by atoms with van der Waals surface area (Å²) < 4.78 is 2.80. The van der Waals surface area contributed by atoms with Crippen molar-refractivity contribution in [2.75, 3.05) is 18.5 Å². The lowest BCUT2D eigenvalue weighted by Crippen LogP contribution is -2.28. The number of benzene rings is 5. The summed E-state index contributed by atoms with van der Waals surface area (Å²) in [4.78, 5) is 0.614. The van der Waals surface area contributed by atoms with Crippen molar-refractivity contribution in [1.29, 1.82) is 0 Å². The molecule has 2 heterocycles. The van der Waals surface area contributed by atoms with Gasteiger partial charge in [-0.3, -0.25) is 0 Å². The highest BCUT2D eigenvalue weighted by molar-refractivity contribution is 14.1. The molecule has 0 saturated carbocycles. The second-order valence-corrected chi connectivity index (χ2v) is 24.9. The molecule has 2 aliphatic heterocycles. The monoisotopic (exact) mass is 1080 g/mol. The van der Waals surface area contributed by atoms with Crippen LogP contribution < -0.4 is 10.6 Å². The molecule has 4 aliphatic carbocycles. The fraction of sp³-hybridized carbons (Fsp3) is 0.216. The van der Waals surface area contributed by atoms with Crippen LogP contribution in [0.2, 0.25) is 0 Å². The van der Waals surface area contributed by atoms with Crippen molar-refractivity contribution in [3.8, 4) is 0 Å². The lowest BCUT2D eigenvalue weighted by atomic mass is 9.71. The first kappa shape index (κ1) is 37.8. The molecule has 0 N–H and O–H groups in total. The normalized spacial score (nSPS) is 26.2. The van der Waals surface area contributed by atoms with Crippen molar-refractivity contribution in [3.63, 3.8) is 0 Å². The molecule has 6 aliphatic rings. The van der Waals surface area contributed by atoms with Gasteiger partial charge in [-0.25, -0.2) is 0 Å². The van der Waals surface area contributed by atoms with E-state index in [1.807, 2.05) is 0 Å². The van der Waals surface area contributed by atoms with E-state index in [4.69, 9.17) is 0 Å². The Morgan fingerprint density at radius 2 is 1.39 bits per heavy atom. The van der Waals surface area contributed by atoms with Crippen LogP contribution in [-0.2, 0) is 12.6 Å². The standard InChI is InChI=1S/C51H40Br3IP2/c1-29-33-15-8-9-19-37(33)50-41(51(29)54)28-57(26-39-43(53)23-31-13-3-6-17-35(31)48(39)50)46-21-11-10-20-45(46)56-25-38-42(52)22-30-12-2-5-16-34(30)47(38)49-36-18-7-4-14-32(36)24-44(55)40(49)27-56/h2-21,24,29,31,42,51H,22-23,25-28H2,1H3. The molecular formula is C51H40Br3IP2. The molecule has 6 atom stereocenters. The lowest BCUT2D eigenvalue weighted by Gasteiger charge is -2.36. The molecule has 57 heavy (non-hydrogen) atoms. The van der Waals surface area contributed by atoms with Gasteiger partial charge in [0.15, 0.2) is 0 Å². The van der Waals surface area contributed by atoms with Gasteiger partial charge in [0.05, 0.1) is 0 Å². The summed E-state index contributed by atoms with van der Waals surface area (Å²) in [5.41, 5.74) is 19.6. The highest BCUT2D eigenvalue weighted by Gasteiger charge is 2.42. The highest BCUT2D eigenvalue weighted by Crippen LogP contribution is 2.60. The van der Waals surface area contributed by atoms with E-state index in [2.05, 4.69) is 205 Å². The van der Waals surface area contributed by atoms with E-state index in [1.165, 1.54) is 68.9 Å². The number of hydrogen-bond acceptors (Lipinski definition) is 0. The van der Waals surface area contributed by atoms with Crippen molar-refractivity contribution in [1.82, 2.24) is 0 Å². The van der Waals surface area contributed by atoms with Crippen molar-refractivity contribution in [2.24, 2.45) is 5.92 Å². The zero-order chi connectivity index (χ0) is 38.5.